The molecule has 3 aliphatic rings. The van der Waals surface area contributed by atoms with E-state index in [1.165, 1.54) is 43.4 Å². The van der Waals surface area contributed by atoms with Gasteiger partial charge in [0.1, 0.15) is 0 Å². The van der Waals surface area contributed by atoms with Crippen molar-refractivity contribution < 1.29 is 14.9 Å². The van der Waals surface area contributed by atoms with E-state index >= 15 is 0 Å². The van der Waals surface area contributed by atoms with Gasteiger partial charge in [-0.15, -0.1) is 0 Å². The van der Waals surface area contributed by atoms with E-state index in [0.717, 1.165) is 46.8 Å². The first kappa shape index (κ1) is 27.4. The van der Waals surface area contributed by atoms with E-state index in [-0.39, 0.29) is 11.2 Å². The first-order valence-electron chi connectivity index (χ1n) is 15.3. The lowest BCUT2D eigenvalue weighted by Crippen LogP contribution is -2.64. The normalized spacial score (nSPS) is 23.4. The standard InChI is InChI=1S/C37H40N2O2/c1-4-5-6-7-8-16-23-39-30-22-15-13-20-28(30)37(2,3)31(39)24-27-35(40)33(36(27)41)32-26-19-12-14-21-29(26)38-34(32)25-17-10-9-11-18-25/h9-15,17-22,24,27,35,40H,4-8,16,23H2,1-3H3/p+1. The number of hydrogen-bond acceptors (Lipinski definition) is 3. The summed E-state index contributed by atoms with van der Waals surface area (Å²) in [6.45, 7) is 7.66. The molecule has 1 fully saturated rings. The Kier molecular flexibility index (Phi) is 7.52. The van der Waals surface area contributed by atoms with Crippen LogP contribution in [-0.2, 0) is 10.2 Å². The van der Waals surface area contributed by atoms with Crippen LogP contribution in [0.5, 0.6) is 0 Å². The second kappa shape index (κ2) is 11.3. The summed E-state index contributed by atoms with van der Waals surface area (Å²) in [7, 11) is 0. The monoisotopic (exact) mass is 545 g/mol. The minimum absolute atomic E-state index is 0.0122. The average molecular weight is 546 g/mol. The van der Waals surface area contributed by atoms with E-state index in [0.29, 0.717) is 5.57 Å². The van der Waals surface area contributed by atoms with Crippen LogP contribution in [0.2, 0.25) is 0 Å². The number of allylic oxidation sites excluding steroid dienone is 2. The van der Waals surface area contributed by atoms with Crippen molar-refractivity contribution in [2.75, 3.05) is 11.4 Å². The number of ketones is 1. The summed E-state index contributed by atoms with van der Waals surface area (Å²) in [5.74, 6) is -0.545. The molecule has 4 nitrogen and oxygen atoms in total. The van der Waals surface area contributed by atoms with Crippen LogP contribution in [0.25, 0.3) is 5.57 Å². The van der Waals surface area contributed by atoms with E-state index in [4.69, 9.17) is 0 Å². The smallest absolute Gasteiger partial charge is 0.219 e. The highest BCUT2D eigenvalue weighted by atomic mass is 16.3. The number of benzene rings is 3. The van der Waals surface area contributed by atoms with Crippen LogP contribution in [0.3, 0.4) is 0 Å². The van der Waals surface area contributed by atoms with Gasteiger partial charge >= 0.3 is 0 Å². The third-order valence-corrected chi connectivity index (χ3v) is 9.11. The van der Waals surface area contributed by atoms with Gasteiger partial charge in [-0.1, -0.05) is 107 Å². The number of hydrogen-bond donors (Lipinski definition) is 2. The number of fused-ring (bicyclic) bond motifs is 2. The van der Waals surface area contributed by atoms with Crippen LogP contribution < -0.4 is 9.89 Å². The number of rotatable bonds is 9. The van der Waals surface area contributed by atoms with Crippen molar-refractivity contribution >= 4 is 28.4 Å². The van der Waals surface area contributed by atoms with E-state index in [9.17, 15) is 9.90 Å². The van der Waals surface area contributed by atoms with Crippen LogP contribution >= 0.6 is 0 Å². The molecular weight excluding hydrogens is 504 g/mol. The molecule has 2 heterocycles. The van der Waals surface area contributed by atoms with Crippen LogP contribution in [-0.4, -0.2) is 29.3 Å². The molecule has 0 saturated heterocycles. The van der Waals surface area contributed by atoms with Crippen molar-refractivity contribution in [2.24, 2.45) is 5.92 Å². The summed E-state index contributed by atoms with van der Waals surface area (Å²) in [5, 5.41) is 11.6. The molecule has 0 aromatic heterocycles. The number of anilines is 1. The summed E-state index contributed by atoms with van der Waals surface area (Å²) in [5.41, 5.74) is 8.57. The lowest BCUT2D eigenvalue weighted by atomic mass is 9.69. The van der Waals surface area contributed by atoms with Gasteiger partial charge in [-0.2, -0.15) is 0 Å². The van der Waals surface area contributed by atoms with Crippen molar-refractivity contribution in [3.05, 3.63) is 113 Å². The molecule has 0 radical (unpaired) electrons. The molecule has 2 N–H and O–H groups in total. The fraction of sp³-hybridized carbons (Fsp3) is 0.351. The van der Waals surface area contributed by atoms with Gasteiger partial charge < -0.3 is 10.0 Å². The van der Waals surface area contributed by atoms with Gasteiger partial charge in [-0.25, -0.2) is 4.99 Å². The summed E-state index contributed by atoms with van der Waals surface area (Å²) >= 11 is 0. The number of nitrogens with one attached hydrogen (secondary N) is 1. The molecule has 1 saturated carbocycles. The van der Waals surface area contributed by atoms with Crippen molar-refractivity contribution in [3.63, 3.8) is 0 Å². The number of nitrogens with zero attached hydrogens (tertiary/aromatic N) is 1. The predicted octanol–water partition coefficient (Wildman–Crippen LogP) is 6.26. The van der Waals surface area contributed by atoms with Gasteiger partial charge in [0.15, 0.2) is 5.78 Å². The number of aliphatic hydroxyl groups is 1. The Morgan fingerprint density at radius 1 is 0.878 bits per heavy atom. The van der Waals surface area contributed by atoms with Crippen LogP contribution in [0.4, 0.5) is 11.4 Å². The van der Waals surface area contributed by atoms with Gasteiger partial charge in [0.2, 0.25) is 11.4 Å². The molecular formula is C37H41N2O2+. The van der Waals surface area contributed by atoms with Gasteiger partial charge in [-0.3, -0.25) is 4.79 Å². The molecule has 6 rings (SSSR count). The Hall–Kier alpha value is -3.76. The minimum atomic E-state index is -0.855. The Morgan fingerprint density at radius 2 is 1.56 bits per heavy atom. The maximum atomic E-state index is 14.0. The van der Waals surface area contributed by atoms with E-state index in [1.807, 2.05) is 54.6 Å². The Labute approximate surface area is 244 Å². The van der Waals surface area contributed by atoms with Crippen LogP contribution in [0.1, 0.15) is 76.0 Å². The fourth-order valence-corrected chi connectivity index (χ4v) is 6.84. The van der Waals surface area contributed by atoms with Gasteiger partial charge in [-0.05, 0) is 36.2 Å². The zero-order valence-electron chi connectivity index (χ0n) is 24.5. The lowest BCUT2D eigenvalue weighted by molar-refractivity contribution is -0.348. The molecule has 0 spiro atoms. The lowest BCUT2D eigenvalue weighted by Gasteiger charge is -2.36. The highest BCUT2D eigenvalue weighted by Gasteiger charge is 2.50. The van der Waals surface area contributed by atoms with E-state index in [2.05, 4.69) is 61.0 Å². The Morgan fingerprint density at radius 3 is 2.34 bits per heavy atom. The largest absolute Gasteiger partial charge is 0.387 e. The fourth-order valence-electron chi connectivity index (χ4n) is 6.84. The van der Waals surface area contributed by atoms with Crippen molar-refractivity contribution in [1.82, 2.24) is 0 Å². The predicted molar refractivity (Wildman–Crippen MR) is 167 cm³/mol. The maximum Gasteiger partial charge on any atom is 0.219 e. The highest BCUT2D eigenvalue weighted by Crippen LogP contribution is 2.50. The third-order valence-electron chi connectivity index (χ3n) is 9.11. The van der Waals surface area contributed by atoms with Crippen molar-refractivity contribution in [1.29, 1.82) is 0 Å². The topological polar surface area (TPSA) is 54.5 Å². The number of Topliss-reactive ketones (excluding diaryl/α,β-unsaturated/α-hetero) is 1. The second-order valence-electron chi connectivity index (χ2n) is 12.1. The molecule has 1 aliphatic carbocycles. The van der Waals surface area contributed by atoms with E-state index in [1.54, 1.807) is 0 Å². The maximum absolute atomic E-state index is 14.0. The molecule has 2 atom stereocenters. The SMILES string of the molecule is CCCCCCCCN1C(=CC2C(=O)C(=C3C(c4ccccc4)=[NH+]c4ccccc43)C2O)C(C)(C)c2ccccc21. The summed E-state index contributed by atoms with van der Waals surface area (Å²) in [4.78, 5) is 19.9. The minimum Gasteiger partial charge on any atom is -0.387 e. The van der Waals surface area contributed by atoms with Crippen LogP contribution in [0.15, 0.2) is 96.2 Å². The quantitative estimate of drug-likeness (QED) is 0.247. The number of para-hydroxylation sites is 2. The highest BCUT2D eigenvalue weighted by molar-refractivity contribution is 6.37. The molecule has 0 amide bonds. The molecule has 4 heteroatoms. The second-order valence-corrected chi connectivity index (χ2v) is 12.1. The zero-order chi connectivity index (χ0) is 28.6. The zero-order valence-corrected chi connectivity index (χ0v) is 24.5. The van der Waals surface area contributed by atoms with Crippen molar-refractivity contribution in [3.8, 4) is 0 Å². The first-order chi connectivity index (χ1) is 19.9. The molecule has 3 aromatic rings. The summed E-state index contributed by atoms with van der Waals surface area (Å²) in [6, 6.07) is 26.7. The number of carbonyl (C=O) groups excluding carboxylic acids is 1. The average Bonchev–Trinajstić information content (AvgIpc) is 3.46. The molecule has 2 unspecified atom stereocenters. The Bertz CT molecular complexity index is 1550. The number of aliphatic hydroxyl groups excluding tert-OH is 1. The van der Waals surface area contributed by atoms with Gasteiger partial charge in [0.05, 0.1) is 23.2 Å². The molecule has 0 bridgehead atoms. The van der Waals surface area contributed by atoms with Crippen molar-refractivity contribution in [2.45, 2.75) is 70.8 Å². The first-order valence-corrected chi connectivity index (χ1v) is 15.3. The van der Waals surface area contributed by atoms with E-state index < -0.39 is 12.0 Å². The number of unbranched alkanes of at least 4 members (excludes halogenated alkanes) is 5. The summed E-state index contributed by atoms with van der Waals surface area (Å²) in [6.07, 6.45) is 8.64. The van der Waals surface area contributed by atoms with Gasteiger partial charge in [0.25, 0.3) is 0 Å². The molecule has 2 aliphatic heterocycles. The Balaban J connectivity index is 1.33. The molecule has 3 aromatic carbocycles. The van der Waals surface area contributed by atoms with Crippen LogP contribution in [0, 0.1) is 5.92 Å². The van der Waals surface area contributed by atoms with Gasteiger partial charge in [0, 0.05) is 40.5 Å². The molecule has 210 valence electrons. The third kappa shape index (κ3) is 4.78. The summed E-state index contributed by atoms with van der Waals surface area (Å²) < 4.78 is 0. The number of carbonyl (C=O) groups is 1. The molecule has 41 heavy (non-hydrogen) atoms.